The predicted octanol–water partition coefficient (Wildman–Crippen LogP) is 4.02. The number of carbonyl (C=O) groups excluding carboxylic acids is 2. The molecule has 24 heavy (non-hydrogen) atoms. The summed E-state index contributed by atoms with van der Waals surface area (Å²) >= 11 is 0. The maximum absolute atomic E-state index is 12.5. The van der Waals surface area contributed by atoms with Crippen molar-refractivity contribution >= 4 is 11.8 Å². The molecule has 0 aliphatic carbocycles. The second kappa shape index (κ2) is 9.45. The summed E-state index contributed by atoms with van der Waals surface area (Å²) in [5.74, 6) is 0.641. The van der Waals surface area contributed by atoms with E-state index in [1.165, 1.54) is 0 Å². The molecule has 0 aliphatic rings. The van der Waals surface area contributed by atoms with Gasteiger partial charge in [0.1, 0.15) is 0 Å². The van der Waals surface area contributed by atoms with Gasteiger partial charge in [0.2, 0.25) is 0 Å². The minimum atomic E-state index is -0.189. The maximum Gasteiger partial charge on any atom is 0.252 e. The van der Waals surface area contributed by atoms with Crippen molar-refractivity contribution in [2.24, 2.45) is 11.8 Å². The number of benzene rings is 1. The van der Waals surface area contributed by atoms with Gasteiger partial charge in [-0.2, -0.15) is 0 Å². The minimum Gasteiger partial charge on any atom is -0.350 e. The van der Waals surface area contributed by atoms with Gasteiger partial charge < -0.3 is 10.6 Å². The lowest BCUT2D eigenvalue weighted by molar-refractivity contribution is 0.0901. The molecule has 2 amide bonds. The highest BCUT2D eigenvalue weighted by molar-refractivity contribution is 6.07. The molecule has 0 unspecified atom stereocenters. The van der Waals surface area contributed by atoms with Crippen molar-refractivity contribution in [3.05, 3.63) is 35.4 Å². The number of carbonyl (C=O) groups is 2. The minimum absolute atomic E-state index is 0.0773. The van der Waals surface area contributed by atoms with Crippen molar-refractivity contribution in [2.45, 2.75) is 66.5 Å². The molecule has 0 spiro atoms. The molecule has 2 atom stereocenters. The SMILES string of the molecule is CC(C)C[C@H](C)NC(=O)c1ccccc1C(=O)N[C@@H](C)CC(C)C. The second-order valence-corrected chi connectivity index (χ2v) is 7.55. The Balaban J connectivity index is 2.83. The summed E-state index contributed by atoms with van der Waals surface area (Å²) in [5, 5.41) is 5.98. The molecule has 0 radical (unpaired) electrons. The van der Waals surface area contributed by atoms with Gasteiger partial charge in [-0.25, -0.2) is 0 Å². The summed E-state index contributed by atoms with van der Waals surface area (Å²) in [4.78, 5) is 25.1. The van der Waals surface area contributed by atoms with Gasteiger partial charge in [0.15, 0.2) is 0 Å². The highest BCUT2D eigenvalue weighted by atomic mass is 16.2. The number of hydrogen-bond acceptors (Lipinski definition) is 2. The Labute approximate surface area is 146 Å². The second-order valence-electron chi connectivity index (χ2n) is 7.55. The van der Waals surface area contributed by atoms with Crippen LogP contribution >= 0.6 is 0 Å². The predicted molar refractivity (Wildman–Crippen MR) is 99.2 cm³/mol. The highest BCUT2D eigenvalue weighted by Crippen LogP contribution is 2.12. The van der Waals surface area contributed by atoms with Gasteiger partial charge in [-0.3, -0.25) is 9.59 Å². The molecule has 0 aliphatic heterocycles. The zero-order valence-corrected chi connectivity index (χ0v) is 15.8. The van der Waals surface area contributed by atoms with Crippen LogP contribution in [0.3, 0.4) is 0 Å². The van der Waals surface area contributed by atoms with E-state index >= 15 is 0 Å². The van der Waals surface area contributed by atoms with E-state index in [1.807, 2.05) is 13.8 Å². The lowest BCUT2D eigenvalue weighted by atomic mass is 10.0. The van der Waals surface area contributed by atoms with E-state index in [1.54, 1.807) is 24.3 Å². The maximum atomic E-state index is 12.5. The molecular formula is C20H32N2O2. The van der Waals surface area contributed by atoms with E-state index in [0.717, 1.165) is 12.8 Å². The first-order chi connectivity index (χ1) is 11.2. The van der Waals surface area contributed by atoms with Crippen molar-refractivity contribution in [1.29, 1.82) is 0 Å². The van der Waals surface area contributed by atoms with Crippen molar-refractivity contribution in [2.75, 3.05) is 0 Å². The van der Waals surface area contributed by atoms with E-state index in [2.05, 4.69) is 38.3 Å². The highest BCUT2D eigenvalue weighted by Gasteiger charge is 2.19. The van der Waals surface area contributed by atoms with E-state index in [0.29, 0.717) is 23.0 Å². The summed E-state index contributed by atoms with van der Waals surface area (Å²) in [6.45, 7) is 12.5. The summed E-state index contributed by atoms with van der Waals surface area (Å²) in [6, 6.07) is 7.15. The van der Waals surface area contributed by atoms with Gasteiger partial charge in [0.25, 0.3) is 11.8 Å². The first kappa shape index (κ1) is 20.2. The standard InChI is InChI=1S/C20H32N2O2/c1-13(2)11-15(5)21-19(23)17-9-7-8-10-18(17)20(24)22-16(6)12-14(3)4/h7-10,13-16H,11-12H2,1-6H3,(H,21,23)(H,22,24)/t15-,16-/m0/s1. The zero-order chi connectivity index (χ0) is 18.3. The van der Waals surface area contributed by atoms with Crippen LogP contribution in [0.5, 0.6) is 0 Å². The normalized spacial score (nSPS) is 13.7. The van der Waals surface area contributed by atoms with Gasteiger partial charge in [-0.1, -0.05) is 39.8 Å². The fourth-order valence-corrected chi connectivity index (χ4v) is 3.01. The van der Waals surface area contributed by atoms with E-state index in [4.69, 9.17) is 0 Å². The molecule has 0 bridgehead atoms. The van der Waals surface area contributed by atoms with Gasteiger partial charge in [-0.15, -0.1) is 0 Å². The summed E-state index contributed by atoms with van der Waals surface area (Å²) in [6.07, 6.45) is 1.82. The Morgan fingerprint density at radius 3 is 1.38 bits per heavy atom. The molecule has 1 aromatic carbocycles. The Morgan fingerprint density at radius 1 is 0.750 bits per heavy atom. The molecule has 0 heterocycles. The molecule has 0 saturated heterocycles. The van der Waals surface area contributed by atoms with Crippen LogP contribution in [-0.4, -0.2) is 23.9 Å². The van der Waals surface area contributed by atoms with Crippen LogP contribution in [0.2, 0.25) is 0 Å². The fraction of sp³-hybridized carbons (Fsp3) is 0.600. The first-order valence-corrected chi connectivity index (χ1v) is 8.91. The van der Waals surface area contributed by atoms with E-state index in [-0.39, 0.29) is 23.9 Å². The third kappa shape index (κ3) is 6.73. The fourth-order valence-electron chi connectivity index (χ4n) is 3.01. The summed E-state index contributed by atoms with van der Waals surface area (Å²) < 4.78 is 0. The van der Waals surface area contributed by atoms with Crippen molar-refractivity contribution in [1.82, 2.24) is 10.6 Å². The lowest BCUT2D eigenvalue weighted by Gasteiger charge is -2.19. The van der Waals surface area contributed by atoms with E-state index in [9.17, 15) is 9.59 Å². The number of hydrogen-bond donors (Lipinski definition) is 2. The zero-order valence-electron chi connectivity index (χ0n) is 15.8. The van der Waals surface area contributed by atoms with Crippen LogP contribution in [0.15, 0.2) is 24.3 Å². The quantitative estimate of drug-likeness (QED) is 0.755. The van der Waals surface area contributed by atoms with Crippen molar-refractivity contribution in [3.8, 4) is 0 Å². The van der Waals surface area contributed by atoms with Crippen LogP contribution in [-0.2, 0) is 0 Å². The molecule has 4 nitrogen and oxygen atoms in total. The third-order valence-electron chi connectivity index (χ3n) is 3.82. The topological polar surface area (TPSA) is 58.2 Å². The van der Waals surface area contributed by atoms with Crippen LogP contribution in [0.1, 0.15) is 75.1 Å². The Kier molecular flexibility index (Phi) is 7.96. The summed E-state index contributed by atoms with van der Waals surface area (Å²) in [5.41, 5.74) is 0.865. The average Bonchev–Trinajstić information content (AvgIpc) is 2.45. The van der Waals surface area contributed by atoms with Gasteiger partial charge in [-0.05, 0) is 50.7 Å². The Bertz CT molecular complexity index is 503. The molecular weight excluding hydrogens is 300 g/mol. The molecule has 4 heteroatoms. The van der Waals surface area contributed by atoms with E-state index < -0.39 is 0 Å². The largest absolute Gasteiger partial charge is 0.350 e. The van der Waals surface area contributed by atoms with Crippen LogP contribution < -0.4 is 10.6 Å². The molecule has 1 rings (SSSR count). The number of rotatable bonds is 8. The van der Waals surface area contributed by atoms with Crippen LogP contribution in [0, 0.1) is 11.8 Å². The van der Waals surface area contributed by atoms with Gasteiger partial charge in [0.05, 0.1) is 11.1 Å². The molecule has 1 aromatic rings. The van der Waals surface area contributed by atoms with Crippen molar-refractivity contribution < 1.29 is 9.59 Å². The van der Waals surface area contributed by atoms with Crippen molar-refractivity contribution in [3.63, 3.8) is 0 Å². The number of amides is 2. The Morgan fingerprint density at radius 2 is 1.08 bits per heavy atom. The first-order valence-electron chi connectivity index (χ1n) is 8.91. The third-order valence-corrected chi connectivity index (χ3v) is 3.82. The average molecular weight is 332 g/mol. The Hall–Kier alpha value is -1.84. The number of nitrogens with one attached hydrogen (secondary N) is 2. The lowest BCUT2D eigenvalue weighted by Crippen LogP contribution is -2.37. The molecule has 2 N–H and O–H groups in total. The monoisotopic (exact) mass is 332 g/mol. The van der Waals surface area contributed by atoms with Crippen LogP contribution in [0.4, 0.5) is 0 Å². The molecule has 0 aromatic heterocycles. The smallest absolute Gasteiger partial charge is 0.252 e. The van der Waals surface area contributed by atoms with Gasteiger partial charge in [0, 0.05) is 12.1 Å². The summed E-state index contributed by atoms with van der Waals surface area (Å²) in [7, 11) is 0. The molecule has 0 saturated carbocycles. The molecule has 134 valence electrons. The molecule has 0 fully saturated rings. The van der Waals surface area contributed by atoms with Gasteiger partial charge >= 0.3 is 0 Å². The van der Waals surface area contributed by atoms with Crippen LogP contribution in [0.25, 0.3) is 0 Å².